The first-order chi connectivity index (χ1) is 13.6. The number of hydrogen-bond acceptors (Lipinski definition) is 4. The van der Waals surface area contributed by atoms with E-state index in [0.717, 1.165) is 12.1 Å². The number of carbonyl (C=O) groups is 2. The average molecular weight is 443 g/mol. The van der Waals surface area contributed by atoms with Crippen LogP contribution in [-0.4, -0.2) is 44.5 Å². The number of halogens is 3. The van der Waals surface area contributed by atoms with Gasteiger partial charge in [-0.3, -0.25) is 9.59 Å². The third-order valence-corrected chi connectivity index (χ3v) is 6.74. The predicted molar refractivity (Wildman–Crippen MR) is 102 cm³/mol. The van der Waals surface area contributed by atoms with Crippen molar-refractivity contribution in [2.75, 3.05) is 19.3 Å². The van der Waals surface area contributed by atoms with Gasteiger partial charge in [-0.25, -0.2) is 17.2 Å². The summed E-state index contributed by atoms with van der Waals surface area (Å²) < 4.78 is 51.2. The summed E-state index contributed by atoms with van der Waals surface area (Å²) in [5, 5.41) is 2.75. The minimum absolute atomic E-state index is 0.0965. The lowest BCUT2D eigenvalue weighted by Crippen LogP contribution is -2.35. The Morgan fingerprint density at radius 2 is 1.93 bits per heavy atom. The van der Waals surface area contributed by atoms with Crippen LogP contribution in [0.15, 0.2) is 41.3 Å². The minimum atomic E-state index is -3.52. The molecule has 2 amide bonds. The van der Waals surface area contributed by atoms with Crippen LogP contribution in [0.2, 0.25) is 5.02 Å². The second-order valence-electron chi connectivity index (χ2n) is 6.61. The molecule has 1 aliphatic rings. The molecule has 10 heteroatoms. The van der Waals surface area contributed by atoms with E-state index in [1.165, 1.54) is 30.1 Å². The highest BCUT2D eigenvalue weighted by Gasteiger charge is 2.38. The molecule has 0 aromatic heterocycles. The summed E-state index contributed by atoms with van der Waals surface area (Å²) in [6.07, 6.45) is -0.127. The second kappa shape index (κ2) is 8.08. The molecule has 29 heavy (non-hydrogen) atoms. The molecule has 0 saturated carbocycles. The highest BCUT2D eigenvalue weighted by Crippen LogP contribution is 2.38. The van der Waals surface area contributed by atoms with E-state index in [1.807, 2.05) is 0 Å². The predicted octanol–water partition coefficient (Wildman–Crippen LogP) is 2.73. The van der Waals surface area contributed by atoms with Crippen LogP contribution in [0.5, 0.6) is 0 Å². The zero-order valence-corrected chi connectivity index (χ0v) is 16.9. The lowest BCUT2D eigenvalue weighted by Gasteiger charge is -2.24. The highest BCUT2D eigenvalue weighted by molar-refractivity contribution is 7.91. The first kappa shape index (κ1) is 21.2. The van der Waals surface area contributed by atoms with Crippen LogP contribution < -0.4 is 5.32 Å². The third-order valence-electron chi connectivity index (χ3n) is 4.70. The quantitative estimate of drug-likeness (QED) is 0.771. The number of nitrogens with zero attached hydrogens (tertiary/aromatic N) is 1. The Bertz CT molecular complexity index is 1090. The lowest BCUT2D eigenvalue weighted by molar-refractivity contribution is -0.131. The van der Waals surface area contributed by atoms with Crippen LogP contribution in [-0.2, 0) is 14.6 Å². The Morgan fingerprint density at radius 1 is 1.21 bits per heavy atom. The van der Waals surface area contributed by atoms with Crippen LogP contribution in [0.4, 0.5) is 8.78 Å². The van der Waals surface area contributed by atoms with Gasteiger partial charge in [0.25, 0.3) is 5.91 Å². The number of rotatable bonds is 5. The minimum Gasteiger partial charge on any atom is -0.351 e. The topological polar surface area (TPSA) is 83.6 Å². The van der Waals surface area contributed by atoms with E-state index >= 15 is 0 Å². The van der Waals surface area contributed by atoms with E-state index < -0.39 is 39.3 Å². The van der Waals surface area contributed by atoms with Gasteiger partial charge in [-0.1, -0.05) is 11.6 Å². The number of carbonyl (C=O) groups excluding carboxylic acids is 2. The van der Waals surface area contributed by atoms with E-state index in [1.54, 1.807) is 0 Å². The number of sulfone groups is 1. The summed E-state index contributed by atoms with van der Waals surface area (Å²) in [4.78, 5) is 25.9. The fourth-order valence-corrected chi connectivity index (χ4v) is 5.18. The van der Waals surface area contributed by atoms with Crippen molar-refractivity contribution in [3.05, 3.63) is 64.2 Å². The molecule has 0 saturated heterocycles. The molecule has 3 rings (SSSR count). The van der Waals surface area contributed by atoms with Gasteiger partial charge in [0.2, 0.25) is 5.91 Å². The maximum atomic E-state index is 13.6. The molecule has 154 valence electrons. The lowest BCUT2D eigenvalue weighted by atomic mass is 10.1. The Balaban J connectivity index is 1.63. The zero-order chi connectivity index (χ0) is 21.3. The maximum absolute atomic E-state index is 13.6. The van der Waals surface area contributed by atoms with Gasteiger partial charge in [0.05, 0.1) is 22.3 Å². The van der Waals surface area contributed by atoms with Crippen molar-refractivity contribution in [3.8, 4) is 0 Å². The standard InChI is InChI=1S/C19H17ClF2N2O4S/c1-24(16-10-29(27,28)17-5-2-11(20)8-14(16)17)18(25)6-7-23-19(26)13-4-3-12(21)9-15(13)22/h2-5,8-9,16H,6-7,10H2,1H3,(H,23,26). The van der Waals surface area contributed by atoms with Crippen molar-refractivity contribution < 1.29 is 26.8 Å². The summed E-state index contributed by atoms with van der Waals surface area (Å²) >= 11 is 5.97. The van der Waals surface area contributed by atoms with Crippen molar-refractivity contribution in [3.63, 3.8) is 0 Å². The van der Waals surface area contributed by atoms with Crippen molar-refractivity contribution in [1.82, 2.24) is 10.2 Å². The molecule has 1 aliphatic heterocycles. The molecule has 0 bridgehead atoms. The number of amides is 2. The van der Waals surface area contributed by atoms with E-state index in [2.05, 4.69) is 5.32 Å². The fourth-order valence-electron chi connectivity index (χ4n) is 3.17. The van der Waals surface area contributed by atoms with Gasteiger partial charge in [-0.05, 0) is 35.9 Å². The van der Waals surface area contributed by atoms with Crippen LogP contribution in [0.3, 0.4) is 0 Å². The van der Waals surface area contributed by atoms with Crippen LogP contribution >= 0.6 is 11.6 Å². The van der Waals surface area contributed by atoms with Crippen LogP contribution in [0.25, 0.3) is 0 Å². The van der Waals surface area contributed by atoms with E-state index in [4.69, 9.17) is 11.6 Å². The van der Waals surface area contributed by atoms with E-state index in [0.29, 0.717) is 16.7 Å². The molecule has 1 unspecified atom stereocenters. The first-order valence-corrected chi connectivity index (χ1v) is 10.6. The van der Waals surface area contributed by atoms with Gasteiger partial charge in [-0.2, -0.15) is 0 Å². The van der Waals surface area contributed by atoms with Gasteiger partial charge < -0.3 is 10.2 Å². The van der Waals surface area contributed by atoms with Gasteiger partial charge in [0.15, 0.2) is 9.84 Å². The monoisotopic (exact) mass is 442 g/mol. The van der Waals surface area contributed by atoms with E-state index in [-0.39, 0.29) is 29.2 Å². The van der Waals surface area contributed by atoms with E-state index in [9.17, 15) is 26.8 Å². The van der Waals surface area contributed by atoms with Crippen LogP contribution in [0, 0.1) is 11.6 Å². The molecule has 1 heterocycles. The first-order valence-electron chi connectivity index (χ1n) is 8.61. The molecule has 6 nitrogen and oxygen atoms in total. The van der Waals surface area contributed by atoms with Gasteiger partial charge in [0.1, 0.15) is 11.6 Å². The maximum Gasteiger partial charge on any atom is 0.254 e. The molecule has 1 atom stereocenters. The molecule has 2 aromatic rings. The number of hydrogen-bond donors (Lipinski definition) is 1. The summed E-state index contributed by atoms with van der Waals surface area (Å²) in [6.45, 7) is -0.0965. The Hall–Kier alpha value is -2.52. The van der Waals surface area contributed by atoms with Gasteiger partial charge >= 0.3 is 0 Å². The number of fused-ring (bicyclic) bond motifs is 1. The molecule has 0 aliphatic carbocycles. The third kappa shape index (κ3) is 4.40. The normalized spacial score (nSPS) is 16.9. The average Bonchev–Trinajstić information content (AvgIpc) is 2.91. The second-order valence-corrected chi connectivity index (χ2v) is 9.05. The Morgan fingerprint density at radius 3 is 2.62 bits per heavy atom. The highest BCUT2D eigenvalue weighted by atomic mass is 35.5. The summed E-state index contributed by atoms with van der Waals surface area (Å²) in [7, 11) is -2.05. The van der Waals surface area contributed by atoms with Crippen molar-refractivity contribution >= 4 is 33.3 Å². The molecule has 0 spiro atoms. The summed E-state index contributed by atoms with van der Waals surface area (Å²) in [5.41, 5.74) is 0.114. The number of nitrogens with one attached hydrogen (secondary N) is 1. The van der Waals surface area contributed by atoms with Crippen LogP contribution in [0.1, 0.15) is 28.4 Å². The molecular weight excluding hydrogens is 426 g/mol. The van der Waals surface area contributed by atoms with Gasteiger partial charge in [0, 0.05) is 31.1 Å². The van der Waals surface area contributed by atoms with Gasteiger partial charge in [-0.15, -0.1) is 0 Å². The molecule has 0 fully saturated rings. The molecule has 2 aromatic carbocycles. The van der Waals surface area contributed by atoms with Crippen molar-refractivity contribution in [2.45, 2.75) is 17.4 Å². The smallest absolute Gasteiger partial charge is 0.254 e. The zero-order valence-electron chi connectivity index (χ0n) is 15.3. The molecule has 0 radical (unpaired) electrons. The Labute approximate surface area is 171 Å². The summed E-state index contributed by atoms with van der Waals surface area (Å²) in [6, 6.07) is 6.30. The fraction of sp³-hybridized carbons (Fsp3) is 0.263. The summed E-state index contributed by atoms with van der Waals surface area (Å²) in [5.74, 6) is -3.24. The largest absolute Gasteiger partial charge is 0.351 e. The molecular formula is C19H17ClF2N2O4S. The van der Waals surface area contributed by atoms with Crippen molar-refractivity contribution in [1.29, 1.82) is 0 Å². The molecule has 1 N–H and O–H groups in total. The number of benzene rings is 2. The van der Waals surface area contributed by atoms with Crippen molar-refractivity contribution in [2.24, 2.45) is 0 Å². The Kier molecular flexibility index (Phi) is 5.90. The SMILES string of the molecule is CN(C(=O)CCNC(=O)c1ccc(F)cc1F)C1CS(=O)(=O)c2ccc(Cl)cc21.